The number of amides is 1. The summed E-state index contributed by atoms with van der Waals surface area (Å²) in [7, 11) is 0. The predicted molar refractivity (Wildman–Crippen MR) is 85.8 cm³/mol. The molecule has 1 aliphatic heterocycles. The molecular formula is C17H23ClN2O. The molecule has 1 aromatic carbocycles. The van der Waals surface area contributed by atoms with E-state index in [4.69, 9.17) is 11.6 Å². The van der Waals surface area contributed by atoms with Crippen LogP contribution < -0.4 is 5.32 Å². The Kier molecular flexibility index (Phi) is 4.51. The van der Waals surface area contributed by atoms with Crippen LogP contribution in [0.1, 0.15) is 41.6 Å². The maximum atomic E-state index is 12.6. The Morgan fingerprint density at radius 2 is 2.00 bits per heavy atom. The maximum Gasteiger partial charge on any atom is 0.254 e. The number of nitrogens with one attached hydrogen (secondary N) is 1. The van der Waals surface area contributed by atoms with Crippen LogP contribution in [0.2, 0.25) is 5.02 Å². The number of hydrogen-bond donors (Lipinski definition) is 1. The molecule has 0 spiro atoms. The summed E-state index contributed by atoms with van der Waals surface area (Å²) in [6, 6.07) is 6.09. The molecule has 0 atom stereocenters. The highest BCUT2D eigenvalue weighted by Crippen LogP contribution is 2.28. The van der Waals surface area contributed by atoms with E-state index in [9.17, 15) is 4.79 Å². The minimum absolute atomic E-state index is 0.143. The van der Waals surface area contributed by atoms with Crippen molar-refractivity contribution >= 4 is 17.5 Å². The SMILES string of the molecule is Cc1cc(Cl)ccc1C(=O)N1CCC(NCC2CC2)CC1. The molecule has 21 heavy (non-hydrogen) atoms. The summed E-state index contributed by atoms with van der Waals surface area (Å²) in [4.78, 5) is 14.6. The lowest BCUT2D eigenvalue weighted by molar-refractivity contribution is 0.0704. The smallest absolute Gasteiger partial charge is 0.254 e. The molecule has 1 saturated heterocycles. The van der Waals surface area contributed by atoms with Crippen molar-refractivity contribution in [2.45, 2.75) is 38.6 Å². The van der Waals surface area contributed by atoms with Gasteiger partial charge in [0.05, 0.1) is 0 Å². The lowest BCUT2D eigenvalue weighted by Crippen LogP contribution is -2.45. The molecule has 1 N–H and O–H groups in total. The molecule has 1 amide bonds. The monoisotopic (exact) mass is 306 g/mol. The summed E-state index contributed by atoms with van der Waals surface area (Å²) >= 11 is 5.96. The average molecular weight is 307 g/mol. The van der Waals surface area contributed by atoms with Crippen LogP contribution in [0.15, 0.2) is 18.2 Å². The fraction of sp³-hybridized carbons (Fsp3) is 0.588. The highest BCUT2D eigenvalue weighted by molar-refractivity contribution is 6.30. The molecule has 3 rings (SSSR count). The number of piperidine rings is 1. The Morgan fingerprint density at radius 3 is 2.62 bits per heavy atom. The van der Waals surface area contributed by atoms with Gasteiger partial charge in [-0.1, -0.05) is 11.6 Å². The summed E-state index contributed by atoms with van der Waals surface area (Å²) in [5.74, 6) is 1.06. The average Bonchev–Trinajstić information content (AvgIpc) is 3.29. The van der Waals surface area contributed by atoms with E-state index in [0.717, 1.165) is 49.5 Å². The molecule has 0 aromatic heterocycles. The number of halogens is 1. The fourth-order valence-electron chi connectivity index (χ4n) is 2.98. The van der Waals surface area contributed by atoms with Gasteiger partial charge in [0.25, 0.3) is 5.91 Å². The normalized spacial score (nSPS) is 19.8. The van der Waals surface area contributed by atoms with Gasteiger partial charge in [0, 0.05) is 29.7 Å². The molecule has 1 heterocycles. The van der Waals surface area contributed by atoms with Crippen molar-refractivity contribution < 1.29 is 4.79 Å². The van der Waals surface area contributed by atoms with Crippen molar-refractivity contribution in [2.24, 2.45) is 5.92 Å². The standard InChI is InChI=1S/C17H23ClN2O/c1-12-10-14(18)4-5-16(12)17(21)20-8-6-15(7-9-20)19-11-13-2-3-13/h4-5,10,13,15,19H,2-3,6-9,11H2,1H3. The van der Waals surface area contributed by atoms with Gasteiger partial charge in [-0.05, 0) is 68.8 Å². The van der Waals surface area contributed by atoms with Crippen LogP contribution >= 0.6 is 11.6 Å². The van der Waals surface area contributed by atoms with Crippen LogP contribution in [0.5, 0.6) is 0 Å². The van der Waals surface area contributed by atoms with E-state index in [1.54, 1.807) is 6.07 Å². The van der Waals surface area contributed by atoms with Crippen LogP contribution in [-0.4, -0.2) is 36.5 Å². The molecule has 1 aliphatic carbocycles. The van der Waals surface area contributed by atoms with Gasteiger partial charge in [-0.2, -0.15) is 0 Å². The number of benzene rings is 1. The summed E-state index contributed by atoms with van der Waals surface area (Å²) < 4.78 is 0. The Morgan fingerprint density at radius 1 is 1.29 bits per heavy atom. The largest absolute Gasteiger partial charge is 0.339 e. The van der Waals surface area contributed by atoms with Gasteiger partial charge in [-0.15, -0.1) is 0 Å². The first-order chi connectivity index (χ1) is 10.1. The minimum atomic E-state index is 0.143. The van der Waals surface area contributed by atoms with Crippen LogP contribution in [0.25, 0.3) is 0 Å². The molecule has 4 heteroatoms. The number of likely N-dealkylation sites (tertiary alicyclic amines) is 1. The zero-order valence-corrected chi connectivity index (χ0v) is 13.3. The quantitative estimate of drug-likeness (QED) is 0.926. The zero-order chi connectivity index (χ0) is 14.8. The van der Waals surface area contributed by atoms with E-state index in [1.165, 1.54) is 12.8 Å². The Bertz CT molecular complexity index is 520. The Hall–Kier alpha value is -1.06. The summed E-state index contributed by atoms with van der Waals surface area (Å²) in [5.41, 5.74) is 1.74. The van der Waals surface area contributed by atoms with Gasteiger partial charge >= 0.3 is 0 Å². The molecule has 0 unspecified atom stereocenters. The molecule has 1 aromatic rings. The van der Waals surface area contributed by atoms with E-state index in [-0.39, 0.29) is 5.91 Å². The van der Waals surface area contributed by atoms with Crippen LogP contribution in [-0.2, 0) is 0 Å². The lowest BCUT2D eigenvalue weighted by Gasteiger charge is -2.33. The van der Waals surface area contributed by atoms with E-state index >= 15 is 0 Å². The number of carbonyl (C=O) groups excluding carboxylic acids is 1. The van der Waals surface area contributed by atoms with Gasteiger partial charge in [-0.3, -0.25) is 4.79 Å². The van der Waals surface area contributed by atoms with E-state index in [0.29, 0.717) is 11.1 Å². The Labute approximate surface area is 131 Å². The molecule has 0 bridgehead atoms. The number of aryl methyl sites for hydroxylation is 1. The van der Waals surface area contributed by atoms with E-state index in [1.807, 2.05) is 24.0 Å². The number of nitrogens with zero attached hydrogens (tertiary/aromatic N) is 1. The van der Waals surface area contributed by atoms with Gasteiger partial charge in [0.1, 0.15) is 0 Å². The topological polar surface area (TPSA) is 32.3 Å². The molecule has 2 aliphatic rings. The second-order valence-electron chi connectivity index (χ2n) is 6.38. The van der Waals surface area contributed by atoms with Crippen LogP contribution in [0, 0.1) is 12.8 Å². The van der Waals surface area contributed by atoms with E-state index < -0.39 is 0 Å². The second kappa shape index (κ2) is 6.37. The molecular weight excluding hydrogens is 284 g/mol. The van der Waals surface area contributed by atoms with Crippen molar-refractivity contribution in [2.75, 3.05) is 19.6 Å². The number of carbonyl (C=O) groups is 1. The first-order valence-electron chi connectivity index (χ1n) is 7.92. The molecule has 0 radical (unpaired) electrons. The van der Waals surface area contributed by atoms with Gasteiger partial charge in [0.2, 0.25) is 0 Å². The highest BCUT2D eigenvalue weighted by Gasteiger charge is 2.26. The molecule has 3 nitrogen and oxygen atoms in total. The van der Waals surface area contributed by atoms with E-state index in [2.05, 4.69) is 5.32 Å². The zero-order valence-electron chi connectivity index (χ0n) is 12.6. The lowest BCUT2D eigenvalue weighted by atomic mass is 10.0. The third-order valence-corrected chi connectivity index (χ3v) is 4.83. The first kappa shape index (κ1) is 14.9. The molecule has 1 saturated carbocycles. The van der Waals surface area contributed by atoms with Gasteiger partial charge in [-0.25, -0.2) is 0 Å². The summed E-state index contributed by atoms with van der Waals surface area (Å²) in [6.45, 7) is 4.81. The van der Waals surface area contributed by atoms with Crippen molar-refractivity contribution in [3.8, 4) is 0 Å². The molecule has 2 fully saturated rings. The number of hydrogen-bond acceptors (Lipinski definition) is 2. The Balaban J connectivity index is 1.54. The predicted octanol–water partition coefficient (Wildman–Crippen LogP) is 3.25. The van der Waals surface area contributed by atoms with Crippen molar-refractivity contribution in [3.05, 3.63) is 34.3 Å². The highest BCUT2D eigenvalue weighted by atomic mass is 35.5. The van der Waals surface area contributed by atoms with Gasteiger partial charge < -0.3 is 10.2 Å². The fourth-order valence-corrected chi connectivity index (χ4v) is 3.21. The second-order valence-corrected chi connectivity index (χ2v) is 6.81. The minimum Gasteiger partial charge on any atom is -0.339 e. The van der Waals surface area contributed by atoms with Crippen molar-refractivity contribution in [1.29, 1.82) is 0 Å². The van der Waals surface area contributed by atoms with Crippen LogP contribution in [0.4, 0.5) is 0 Å². The number of rotatable bonds is 4. The van der Waals surface area contributed by atoms with Crippen molar-refractivity contribution in [1.82, 2.24) is 10.2 Å². The van der Waals surface area contributed by atoms with Crippen molar-refractivity contribution in [3.63, 3.8) is 0 Å². The first-order valence-corrected chi connectivity index (χ1v) is 8.30. The summed E-state index contributed by atoms with van der Waals surface area (Å²) in [6.07, 6.45) is 4.90. The third-order valence-electron chi connectivity index (χ3n) is 4.59. The third kappa shape index (κ3) is 3.78. The maximum absolute atomic E-state index is 12.6. The van der Waals surface area contributed by atoms with Crippen LogP contribution in [0.3, 0.4) is 0 Å². The molecule has 114 valence electrons. The summed E-state index contributed by atoms with van der Waals surface area (Å²) in [5, 5.41) is 4.33. The van der Waals surface area contributed by atoms with Gasteiger partial charge in [0.15, 0.2) is 0 Å².